The Morgan fingerprint density at radius 1 is 1.40 bits per heavy atom. The van der Waals surface area contributed by atoms with E-state index >= 15 is 0 Å². The number of methoxy groups -OCH3 is 1. The molecule has 1 aromatic carbocycles. The highest BCUT2D eigenvalue weighted by Crippen LogP contribution is 2.36. The summed E-state index contributed by atoms with van der Waals surface area (Å²) in [5.74, 6) is 1.86. The van der Waals surface area contributed by atoms with E-state index in [1.54, 1.807) is 7.11 Å². The SMILES string of the molecule is COc1cc(C)c2[nH]ccc2c1C(C)Cc1nn[nH]n1. The molecule has 104 valence electrons. The van der Waals surface area contributed by atoms with Crippen LogP contribution in [0.5, 0.6) is 5.75 Å². The number of tetrazole rings is 1. The van der Waals surface area contributed by atoms with Crippen LogP contribution in [0.4, 0.5) is 0 Å². The number of aryl methyl sites for hydroxylation is 1. The van der Waals surface area contributed by atoms with Crippen LogP contribution in [0.1, 0.15) is 29.8 Å². The summed E-state index contributed by atoms with van der Waals surface area (Å²) in [6.07, 6.45) is 2.68. The molecular formula is C14H17N5O. The molecule has 0 bridgehead atoms. The van der Waals surface area contributed by atoms with Gasteiger partial charge in [-0.25, -0.2) is 0 Å². The highest BCUT2D eigenvalue weighted by atomic mass is 16.5. The van der Waals surface area contributed by atoms with E-state index in [1.165, 1.54) is 16.5 Å². The first-order chi connectivity index (χ1) is 9.70. The number of nitrogens with zero attached hydrogens (tertiary/aromatic N) is 3. The van der Waals surface area contributed by atoms with Gasteiger partial charge < -0.3 is 9.72 Å². The van der Waals surface area contributed by atoms with Crippen LogP contribution in [0, 0.1) is 6.92 Å². The van der Waals surface area contributed by atoms with Gasteiger partial charge in [-0.3, -0.25) is 0 Å². The number of fused-ring (bicyclic) bond motifs is 1. The number of aromatic nitrogens is 5. The largest absolute Gasteiger partial charge is 0.496 e. The summed E-state index contributed by atoms with van der Waals surface area (Å²) < 4.78 is 5.57. The van der Waals surface area contributed by atoms with Crippen molar-refractivity contribution < 1.29 is 4.74 Å². The molecular weight excluding hydrogens is 254 g/mol. The second-order valence-electron chi connectivity index (χ2n) is 5.01. The maximum absolute atomic E-state index is 5.57. The molecule has 0 aliphatic carbocycles. The number of benzene rings is 1. The molecule has 6 heteroatoms. The van der Waals surface area contributed by atoms with Crippen molar-refractivity contribution in [1.82, 2.24) is 25.6 Å². The molecule has 0 aliphatic rings. The van der Waals surface area contributed by atoms with Gasteiger partial charge in [-0.1, -0.05) is 12.1 Å². The molecule has 6 nitrogen and oxygen atoms in total. The van der Waals surface area contributed by atoms with Gasteiger partial charge in [0, 0.05) is 29.1 Å². The third-order valence-corrected chi connectivity index (χ3v) is 3.64. The number of ether oxygens (including phenoxy) is 1. The van der Waals surface area contributed by atoms with Crippen LogP contribution >= 0.6 is 0 Å². The summed E-state index contributed by atoms with van der Waals surface area (Å²) in [5, 5.41) is 15.3. The Labute approximate surface area is 116 Å². The van der Waals surface area contributed by atoms with Crippen molar-refractivity contribution in [1.29, 1.82) is 0 Å². The molecule has 0 saturated heterocycles. The van der Waals surface area contributed by atoms with Gasteiger partial charge in [-0.15, -0.1) is 10.2 Å². The molecule has 2 N–H and O–H groups in total. The highest BCUT2D eigenvalue weighted by molar-refractivity contribution is 5.88. The molecule has 1 unspecified atom stereocenters. The summed E-state index contributed by atoms with van der Waals surface area (Å²) in [6.45, 7) is 4.23. The number of hydrogen-bond acceptors (Lipinski definition) is 4. The van der Waals surface area contributed by atoms with Gasteiger partial charge in [-0.2, -0.15) is 5.21 Å². The van der Waals surface area contributed by atoms with Crippen LogP contribution in [0.15, 0.2) is 18.3 Å². The fourth-order valence-electron chi connectivity index (χ4n) is 2.72. The first-order valence-corrected chi connectivity index (χ1v) is 6.57. The number of aromatic amines is 2. The lowest BCUT2D eigenvalue weighted by atomic mass is 9.92. The summed E-state index contributed by atoms with van der Waals surface area (Å²) in [5.41, 5.74) is 3.51. The monoisotopic (exact) mass is 271 g/mol. The van der Waals surface area contributed by atoms with E-state index in [0.29, 0.717) is 5.82 Å². The molecule has 1 atom stereocenters. The summed E-state index contributed by atoms with van der Waals surface area (Å²) in [6, 6.07) is 4.16. The van der Waals surface area contributed by atoms with Crippen molar-refractivity contribution >= 4 is 10.9 Å². The van der Waals surface area contributed by atoms with E-state index in [9.17, 15) is 0 Å². The Morgan fingerprint density at radius 2 is 2.25 bits per heavy atom. The molecule has 20 heavy (non-hydrogen) atoms. The smallest absolute Gasteiger partial charge is 0.175 e. The maximum Gasteiger partial charge on any atom is 0.175 e. The van der Waals surface area contributed by atoms with Gasteiger partial charge in [-0.05, 0) is 30.5 Å². The zero-order valence-electron chi connectivity index (χ0n) is 11.8. The topological polar surface area (TPSA) is 79.5 Å². The standard InChI is InChI=1S/C14H17N5O/c1-8(7-12-16-18-19-17-12)13-10-4-5-15-14(10)9(2)6-11(13)20-3/h4-6,8,15H,7H2,1-3H3,(H,16,17,18,19). The predicted molar refractivity (Wildman–Crippen MR) is 75.9 cm³/mol. The lowest BCUT2D eigenvalue weighted by molar-refractivity contribution is 0.407. The molecule has 0 saturated carbocycles. The Bertz CT molecular complexity index is 717. The van der Waals surface area contributed by atoms with E-state index in [-0.39, 0.29) is 5.92 Å². The van der Waals surface area contributed by atoms with Crippen molar-refractivity contribution in [2.45, 2.75) is 26.2 Å². The minimum absolute atomic E-state index is 0.237. The van der Waals surface area contributed by atoms with Crippen LogP contribution in [0.3, 0.4) is 0 Å². The average Bonchev–Trinajstić information content (AvgIpc) is 3.09. The molecule has 3 aromatic rings. The fraction of sp³-hybridized carbons (Fsp3) is 0.357. The van der Waals surface area contributed by atoms with E-state index in [2.05, 4.69) is 51.6 Å². The Morgan fingerprint density at radius 3 is 2.95 bits per heavy atom. The molecule has 0 spiro atoms. The van der Waals surface area contributed by atoms with Gasteiger partial charge in [0.15, 0.2) is 5.82 Å². The minimum atomic E-state index is 0.237. The van der Waals surface area contributed by atoms with Gasteiger partial charge in [0.2, 0.25) is 0 Å². The van der Waals surface area contributed by atoms with Crippen LogP contribution in [-0.2, 0) is 6.42 Å². The Kier molecular flexibility index (Phi) is 3.14. The first-order valence-electron chi connectivity index (χ1n) is 6.57. The van der Waals surface area contributed by atoms with Gasteiger partial charge in [0.1, 0.15) is 5.75 Å². The maximum atomic E-state index is 5.57. The van der Waals surface area contributed by atoms with Crippen LogP contribution in [-0.4, -0.2) is 32.7 Å². The number of H-pyrrole nitrogens is 2. The fourth-order valence-corrected chi connectivity index (χ4v) is 2.72. The molecule has 3 rings (SSSR count). The normalized spacial score (nSPS) is 12.8. The van der Waals surface area contributed by atoms with E-state index in [0.717, 1.165) is 17.7 Å². The Balaban J connectivity index is 2.09. The average molecular weight is 271 g/mol. The van der Waals surface area contributed by atoms with Gasteiger partial charge in [0.25, 0.3) is 0 Å². The van der Waals surface area contributed by atoms with E-state index in [4.69, 9.17) is 4.74 Å². The number of hydrogen-bond donors (Lipinski definition) is 2. The quantitative estimate of drug-likeness (QED) is 0.763. The van der Waals surface area contributed by atoms with Crippen molar-refractivity contribution in [2.75, 3.05) is 7.11 Å². The number of nitrogens with one attached hydrogen (secondary N) is 2. The third-order valence-electron chi connectivity index (χ3n) is 3.64. The van der Waals surface area contributed by atoms with Crippen LogP contribution < -0.4 is 4.74 Å². The summed E-state index contributed by atoms with van der Waals surface area (Å²) >= 11 is 0. The van der Waals surface area contributed by atoms with Crippen LogP contribution in [0.2, 0.25) is 0 Å². The molecule has 0 radical (unpaired) electrons. The lowest BCUT2D eigenvalue weighted by Crippen LogP contribution is -2.04. The molecule has 0 amide bonds. The third kappa shape index (κ3) is 2.03. The summed E-state index contributed by atoms with van der Waals surface area (Å²) in [4.78, 5) is 3.29. The van der Waals surface area contributed by atoms with Crippen molar-refractivity contribution in [3.8, 4) is 5.75 Å². The zero-order valence-corrected chi connectivity index (χ0v) is 11.8. The molecule has 0 fully saturated rings. The zero-order chi connectivity index (χ0) is 14.1. The molecule has 0 aliphatic heterocycles. The van der Waals surface area contributed by atoms with Crippen molar-refractivity contribution in [3.63, 3.8) is 0 Å². The predicted octanol–water partition coefficient (Wildman–Crippen LogP) is 2.34. The number of rotatable bonds is 4. The van der Waals surface area contributed by atoms with E-state index < -0.39 is 0 Å². The molecule has 2 heterocycles. The minimum Gasteiger partial charge on any atom is -0.496 e. The van der Waals surface area contributed by atoms with Crippen molar-refractivity contribution in [3.05, 3.63) is 35.3 Å². The van der Waals surface area contributed by atoms with Gasteiger partial charge >= 0.3 is 0 Å². The Hall–Kier alpha value is -2.37. The first kappa shape index (κ1) is 12.7. The van der Waals surface area contributed by atoms with Crippen molar-refractivity contribution in [2.24, 2.45) is 0 Å². The highest BCUT2D eigenvalue weighted by Gasteiger charge is 2.19. The molecule has 2 aromatic heterocycles. The van der Waals surface area contributed by atoms with Crippen LogP contribution in [0.25, 0.3) is 10.9 Å². The van der Waals surface area contributed by atoms with E-state index in [1.807, 2.05) is 6.20 Å². The lowest BCUT2D eigenvalue weighted by Gasteiger charge is -2.17. The van der Waals surface area contributed by atoms with Gasteiger partial charge in [0.05, 0.1) is 7.11 Å². The second kappa shape index (κ2) is 4.96. The second-order valence-corrected chi connectivity index (χ2v) is 5.01. The summed E-state index contributed by atoms with van der Waals surface area (Å²) in [7, 11) is 1.71.